The quantitative estimate of drug-likeness (QED) is 0.612. The number of carbonyl (C=O) groups excluding carboxylic acids is 1. The summed E-state index contributed by atoms with van der Waals surface area (Å²) in [6, 6.07) is 16.1. The lowest BCUT2D eigenvalue weighted by atomic mass is 10.1. The van der Waals surface area contributed by atoms with Gasteiger partial charge in [0.2, 0.25) is 0 Å². The van der Waals surface area contributed by atoms with Crippen LogP contribution in [0.5, 0.6) is 11.5 Å². The molecule has 2 aromatic carbocycles. The smallest absolute Gasteiger partial charge is 0.259 e. The molecule has 26 heavy (non-hydrogen) atoms. The van der Waals surface area contributed by atoms with E-state index in [0.717, 1.165) is 5.56 Å². The standard InChI is InChI=1S/C20H17N3O3/c1-2-25-19-10-14(9-17(12-22)20(23)24)7-8-18(19)26-13-16-6-4-3-5-15(16)11-21/h3-10H,2,13H2,1H3,(H2,23,24)/b17-9-. The number of hydrogen-bond donors (Lipinski definition) is 1. The Bertz CT molecular complexity index is 921. The van der Waals surface area contributed by atoms with Gasteiger partial charge in [0, 0.05) is 5.56 Å². The van der Waals surface area contributed by atoms with Crippen LogP contribution in [0.1, 0.15) is 23.6 Å². The van der Waals surface area contributed by atoms with E-state index in [-0.39, 0.29) is 12.2 Å². The number of hydrogen-bond acceptors (Lipinski definition) is 5. The number of nitrogens with two attached hydrogens (primary N) is 1. The van der Waals surface area contributed by atoms with Crippen LogP contribution in [-0.4, -0.2) is 12.5 Å². The summed E-state index contributed by atoms with van der Waals surface area (Å²) in [7, 11) is 0. The second-order valence-corrected chi connectivity index (χ2v) is 5.23. The van der Waals surface area contributed by atoms with Gasteiger partial charge in [-0.25, -0.2) is 0 Å². The minimum Gasteiger partial charge on any atom is -0.490 e. The van der Waals surface area contributed by atoms with Crippen molar-refractivity contribution in [2.45, 2.75) is 13.5 Å². The van der Waals surface area contributed by atoms with Crippen molar-refractivity contribution in [3.8, 4) is 23.6 Å². The molecule has 0 fully saturated rings. The number of benzene rings is 2. The van der Waals surface area contributed by atoms with Crippen LogP contribution in [0.15, 0.2) is 48.0 Å². The Kier molecular flexibility index (Phi) is 6.36. The van der Waals surface area contributed by atoms with Gasteiger partial charge in [0.15, 0.2) is 11.5 Å². The number of ether oxygens (including phenoxy) is 2. The Morgan fingerprint density at radius 3 is 2.58 bits per heavy atom. The van der Waals surface area contributed by atoms with E-state index >= 15 is 0 Å². The van der Waals surface area contributed by atoms with Crippen molar-refractivity contribution in [3.05, 3.63) is 64.7 Å². The largest absolute Gasteiger partial charge is 0.490 e. The average Bonchev–Trinajstić information content (AvgIpc) is 2.65. The van der Waals surface area contributed by atoms with E-state index in [1.165, 1.54) is 6.08 Å². The zero-order valence-electron chi connectivity index (χ0n) is 14.2. The summed E-state index contributed by atoms with van der Waals surface area (Å²) < 4.78 is 11.4. The minimum absolute atomic E-state index is 0.149. The van der Waals surface area contributed by atoms with E-state index in [1.54, 1.807) is 36.4 Å². The zero-order valence-corrected chi connectivity index (χ0v) is 14.2. The number of rotatable bonds is 7. The summed E-state index contributed by atoms with van der Waals surface area (Å²) in [6.45, 7) is 2.46. The lowest BCUT2D eigenvalue weighted by Gasteiger charge is -2.13. The van der Waals surface area contributed by atoms with Gasteiger partial charge < -0.3 is 15.2 Å². The average molecular weight is 347 g/mol. The van der Waals surface area contributed by atoms with Gasteiger partial charge in [-0.15, -0.1) is 0 Å². The van der Waals surface area contributed by atoms with E-state index in [4.69, 9.17) is 25.7 Å². The van der Waals surface area contributed by atoms with E-state index in [1.807, 2.05) is 19.1 Å². The highest BCUT2D eigenvalue weighted by Gasteiger charge is 2.10. The monoisotopic (exact) mass is 347 g/mol. The van der Waals surface area contributed by atoms with Crippen molar-refractivity contribution < 1.29 is 14.3 Å². The second-order valence-electron chi connectivity index (χ2n) is 5.23. The third kappa shape index (κ3) is 4.62. The van der Waals surface area contributed by atoms with Crippen LogP contribution >= 0.6 is 0 Å². The van der Waals surface area contributed by atoms with Crippen LogP contribution in [0.2, 0.25) is 0 Å². The molecule has 0 aliphatic carbocycles. The van der Waals surface area contributed by atoms with Crippen LogP contribution in [0, 0.1) is 22.7 Å². The Labute approximate surface area is 151 Å². The van der Waals surface area contributed by atoms with Crippen LogP contribution in [0.3, 0.4) is 0 Å². The normalized spacial score (nSPS) is 10.5. The third-order valence-corrected chi connectivity index (χ3v) is 3.49. The van der Waals surface area contributed by atoms with Gasteiger partial charge >= 0.3 is 0 Å². The van der Waals surface area contributed by atoms with Gasteiger partial charge in [-0.05, 0) is 36.8 Å². The van der Waals surface area contributed by atoms with Gasteiger partial charge in [-0.2, -0.15) is 10.5 Å². The molecule has 0 unspecified atom stereocenters. The molecular formula is C20H17N3O3. The van der Waals surface area contributed by atoms with Gasteiger partial charge in [-0.1, -0.05) is 24.3 Å². The molecule has 6 heteroatoms. The first-order valence-corrected chi connectivity index (χ1v) is 7.88. The maximum atomic E-state index is 11.2. The van der Waals surface area contributed by atoms with Crippen LogP contribution in [0.25, 0.3) is 6.08 Å². The molecule has 6 nitrogen and oxygen atoms in total. The van der Waals surface area contributed by atoms with E-state index in [2.05, 4.69) is 6.07 Å². The molecular weight excluding hydrogens is 330 g/mol. The molecule has 130 valence electrons. The van der Waals surface area contributed by atoms with Gasteiger partial charge in [-0.3, -0.25) is 4.79 Å². The number of nitriles is 2. The fraction of sp³-hybridized carbons (Fsp3) is 0.150. The highest BCUT2D eigenvalue weighted by atomic mass is 16.5. The number of nitrogens with zero attached hydrogens (tertiary/aromatic N) is 2. The number of primary amides is 1. The van der Waals surface area contributed by atoms with Crippen molar-refractivity contribution in [1.29, 1.82) is 10.5 Å². The first-order valence-electron chi connectivity index (χ1n) is 7.88. The molecule has 0 saturated carbocycles. The molecule has 0 bridgehead atoms. The van der Waals surface area contributed by atoms with Crippen molar-refractivity contribution in [3.63, 3.8) is 0 Å². The molecule has 2 rings (SSSR count). The molecule has 0 heterocycles. The third-order valence-electron chi connectivity index (χ3n) is 3.49. The van der Waals surface area contributed by atoms with Crippen LogP contribution in [0.4, 0.5) is 0 Å². The van der Waals surface area contributed by atoms with Crippen molar-refractivity contribution in [1.82, 2.24) is 0 Å². The topological polar surface area (TPSA) is 109 Å². The molecule has 0 aliphatic heterocycles. The molecule has 0 atom stereocenters. The maximum Gasteiger partial charge on any atom is 0.259 e. The summed E-state index contributed by atoms with van der Waals surface area (Å²) in [5.41, 5.74) is 6.90. The van der Waals surface area contributed by atoms with Gasteiger partial charge in [0.1, 0.15) is 18.2 Å². The van der Waals surface area contributed by atoms with Crippen LogP contribution in [-0.2, 0) is 11.4 Å². The fourth-order valence-corrected chi connectivity index (χ4v) is 2.24. The summed E-state index contributed by atoms with van der Waals surface area (Å²) in [5, 5.41) is 18.1. The summed E-state index contributed by atoms with van der Waals surface area (Å²) in [5.74, 6) is 0.172. The van der Waals surface area contributed by atoms with Crippen molar-refractivity contribution in [2.24, 2.45) is 5.73 Å². The zero-order chi connectivity index (χ0) is 18.9. The van der Waals surface area contributed by atoms with Crippen molar-refractivity contribution in [2.75, 3.05) is 6.61 Å². The Morgan fingerprint density at radius 1 is 1.15 bits per heavy atom. The predicted octanol–water partition coefficient (Wildman–Crippen LogP) is 2.93. The molecule has 0 aliphatic rings. The summed E-state index contributed by atoms with van der Waals surface area (Å²) in [4.78, 5) is 11.2. The lowest BCUT2D eigenvalue weighted by Crippen LogP contribution is -2.12. The molecule has 0 spiro atoms. The Balaban J connectivity index is 2.28. The molecule has 0 aromatic heterocycles. The number of amides is 1. The summed E-state index contributed by atoms with van der Waals surface area (Å²) in [6.07, 6.45) is 1.39. The molecule has 0 saturated heterocycles. The lowest BCUT2D eigenvalue weighted by molar-refractivity contribution is -0.114. The van der Waals surface area contributed by atoms with E-state index in [0.29, 0.717) is 29.2 Å². The minimum atomic E-state index is -0.793. The van der Waals surface area contributed by atoms with Gasteiger partial charge in [0.05, 0.1) is 18.2 Å². The van der Waals surface area contributed by atoms with Crippen LogP contribution < -0.4 is 15.2 Å². The van der Waals surface area contributed by atoms with Gasteiger partial charge in [0.25, 0.3) is 5.91 Å². The highest BCUT2D eigenvalue weighted by molar-refractivity contribution is 6.00. The second kappa shape index (κ2) is 8.91. The first kappa shape index (κ1) is 18.6. The SMILES string of the molecule is CCOc1cc(/C=C(/C#N)C(N)=O)ccc1OCc1ccccc1C#N. The highest BCUT2D eigenvalue weighted by Crippen LogP contribution is 2.30. The van der Waals surface area contributed by atoms with E-state index in [9.17, 15) is 4.79 Å². The summed E-state index contributed by atoms with van der Waals surface area (Å²) >= 11 is 0. The number of carbonyl (C=O) groups is 1. The first-order chi connectivity index (χ1) is 12.6. The Morgan fingerprint density at radius 2 is 1.92 bits per heavy atom. The molecule has 2 aromatic rings. The molecule has 2 N–H and O–H groups in total. The maximum absolute atomic E-state index is 11.2. The molecule has 0 radical (unpaired) electrons. The molecule has 1 amide bonds. The van der Waals surface area contributed by atoms with Crippen molar-refractivity contribution >= 4 is 12.0 Å². The fourth-order valence-electron chi connectivity index (χ4n) is 2.24. The van der Waals surface area contributed by atoms with E-state index < -0.39 is 5.91 Å². The Hall–Kier alpha value is -3.77. The predicted molar refractivity (Wildman–Crippen MR) is 95.9 cm³/mol.